The van der Waals surface area contributed by atoms with Crippen LogP contribution in [0.25, 0.3) is 5.82 Å². The molecule has 0 radical (unpaired) electrons. The van der Waals surface area contributed by atoms with Gasteiger partial charge >= 0.3 is 0 Å². The Labute approximate surface area is 181 Å². The van der Waals surface area contributed by atoms with Gasteiger partial charge in [-0.2, -0.15) is 0 Å². The van der Waals surface area contributed by atoms with E-state index in [1.807, 2.05) is 54.1 Å². The highest BCUT2D eigenvalue weighted by Gasteiger charge is 2.03. The van der Waals surface area contributed by atoms with Crippen LogP contribution >= 0.6 is 35.6 Å². The quantitative estimate of drug-likeness (QED) is 0.310. The van der Waals surface area contributed by atoms with Crippen LogP contribution in [0.2, 0.25) is 5.02 Å². The Morgan fingerprint density at radius 1 is 1.19 bits per heavy atom. The summed E-state index contributed by atoms with van der Waals surface area (Å²) in [5.41, 5.74) is 2.10. The molecule has 142 valence electrons. The fraction of sp³-hybridized carbons (Fsp3) is 0.211. The molecule has 0 aliphatic rings. The maximum absolute atomic E-state index is 6.21. The number of benzene rings is 1. The minimum absolute atomic E-state index is 0. The number of imidazole rings is 1. The van der Waals surface area contributed by atoms with Gasteiger partial charge in [0.15, 0.2) is 5.96 Å². The molecule has 6 nitrogen and oxygen atoms in total. The van der Waals surface area contributed by atoms with Crippen molar-refractivity contribution in [3.8, 4) is 5.82 Å². The smallest absolute Gasteiger partial charge is 0.191 e. The second-order valence-corrected chi connectivity index (χ2v) is 6.04. The van der Waals surface area contributed by atoms with Crippen molar-refractivity contribution < 1.29 is 0 Å². The summed E-state index contributed by atoms with van der Waals surface area (Å²) in [5.74, 6) is 1.57. The summed E-state index contributed by atoms with van der Waals surface area (Å²) in [6.45, 7) is 3.98. The van der Waals surface area contributed by atoms with Crippen LogP contribution in [0.4, 0.5) is 0 Å². The lowest BCUT2D eigenvalue weighted by Crippen LogP contribution is -2.36. The number of pyridine rings is 1. The van der Waals surface area contributed by atoms with Crippen molar-refractivity contribution >= 4 is 41.5 Å². The lowest BCUT2D eigenvalue weighted by atomic mass is 10.2. The van der Waals surface area contributed by atoms with Crippen molar-refractivity contribution in [1.29, 1.82) is 0 Å². The molecule has 27 heavy (non-hydrogen) atoms. The molecule has 0 spiro atoms. The molecule has 0 amide bonds. The van der Waals surface area contributed by atoms with E-state index < -0.39 is 0 Å². The molecular weight excluding hydrogens is 475 g/mol. The summed E-state index contributed by atoms with van der Waals surface area (Å²) in [4.78, 5) is 13.1. The second-order valence-electron chi connectivity index (χ2n) is 5.63. The van der Waals surface area contributed by atoms with Crippen LogP contribution in [0.15, 0.2) is 66.3 Å². The van der Waals surface area contributed by atoms with Crippen LogP contribution in [0.5, 0.6) is 0 Å². The zero-order valence-corrected chi connectivity index (χ0v) is 18.1. The van der Waals surface area contributed by atoms with E-state index in [-0.39, 0.29) is 24.0 Å². The van der Waals surface area contributed by atoms with E-state index in [0.717, 1.165) is 34.5 Å². The zero-order valence-electron chi connectivity index (χ0n) is 15.0. The maximum Gasteiger partial charge on any atom is 0.191 e. The first-order valence-corrected chi connectivity index (χ1v) is 8.83. The number of aliphatic imine (C=N–C) groups is 1. The summed E-state index contributed by atoms with van der Waals surface area (Å²) in [6.07, 6.45) is 7.11. The highest BCUT2D eigenvalue weighted by Crippen LogP contribution is 2.14. The summed E-state index contributed by atoms with van der Waals surface area (Å²) < 4.78 is 1.87. The molecule has 0 aliphatic carbocycles. The fourth-order valence-electron chi connectivity index (χ4n) is 2.43. The molecule has 0 bridgehead atoms. The number of rotatable bonds is 6. The first-order chi connectivity index (χ1) is 12.8. The van der Waals surface area contributed by atoms with E-state index in [0.29, 0.717) is 13.1 Å². The van der Waals surface area contributed by atoms with Crippen molar-refractivity contribution in [2.45, 2.75) is 20.0 Å². The van der Waals surface area contributed by atoms with Gasteiger partial charge in [-0.15, -0.1) is 24.0 Å². The standard InChI is InChI=1S/C19H21ClN6.HI/c1-2-22-19(25-13-16-5-3-4-6-17(16)20)24-12-15-7-8-23-18(11-15)26-10-9-21-14-26;/h3-11,14H,2,12-13H2,1H3,(H2,22,24,25);1H. The number of halogens is 2. The first-order valence-electron chi connectivity index (χ1n) is 8.45. The highest BCUT2D eigenvalue weighted by atomic mass is 127. The third-order valence-electron chi connectivity index (χ3n) is 3.75. The molecule has 0 fully saturated rings. The van der Waals surface area contributed by atoms with Gasteiger partial charge in [0, 0.05) is 36.7 Å². The largest absolute Gasteiger partial charge is 0.357 e. The Hall–Kier alpha value is -2.13. The number of hydrogen-bond donors (Lipinski definition) is 2. The van der Waals surface area contributed by atoms with E-state index in [2.05, 4.69) is 25.6 Å². The minimum Gasteiger partial charge on any atom is -0.357 e. The zero-order chi connectivity index (χ0) is 18.2. The van der Waals surface area contributed by atoms with Gasteiger partial charge in [0.25, 0.3) is 0 Å². The van der Waals surface area contributed by atoms with E-state index in [9.17, 15) is 0 Å². The molecule has 0 unspecified atom stereocenters. The summed E-state index contributed by atoms with van der Waals surface area (Å²) in [5, 5.41) is 7.31. The van der Waals surface area contributed by atoms with Crippen molar-refractivity contribution in [2.24, 2.45) is 4.99 Å². The van der Waals surface area contributed by atoms with Crippen molar-refractivity contribution in [1.82, 2.24) is 25.2 Å². The number of aromatic nitrogens is 3. The fourth-order valence-corrected chi connectivity index (χ4v) is 2.63. The average Bonchev–Trinajstić information content (AvgIpc) is 3.20. The van der Waals surface area contributed by atoms with Gasteiger partial charge in [0.1, 0.15) is 12.1 Å². The summed E-state index contributed by atoms with van der Waals surface area (Å²) in [6, 6.07) is 11.7. The molecule has 3 rings (SSSR count). The van der Waals surface area contributed by atoms with Crippen molar-refractivity contribution in [3.05, 3.63) is 77.5 Å². The van der Waals surface area contributed by atoms with Crippen LogP contribution in [0, 0.1) is 0 Å². The van der Waals surface area contributed by atoms with Crippen LogP contribution in [-0.4, -0.2) is 27.0 Å². The van der Waals surface area contributed by atoms with Gasteiger partial charge in [0.05, 0.1) is 6.54 Å². The van der Waals surface area contributed by atoms with Crippen molar-refractivity contribution in [3.63, 3.8) is 0 Å². The van der Waals surface area contributed by atoms with E-state index in [1.54, 1.807) is 18.7 Å². The minimum atomic E-state index is 0. The lowest BCUT2D eigenvalue weighted by Gasteiger charge is -2.12. The number of nitrogens with one attached hydrogen (secondary N) is 2. The summed E-state index contributed by atoms with van der Waals surface area (Å²) in [7, 11) is 0. The molecule has 2 aromatic heterocycles. The Kier molecular flexibility index (Phi) is 8.53. The van der Waals surface area contributed by atoms with Crippen LogP contribution in [0.3, 0.4) is 0 Å². The normalized spacial score (nSPS) is 11.0. The van der Waals surface area contributed by atoms with Gasteiger partial charge in [-0.25, -0.2) is 15.0 Å². The lowest BCUT2D eigenvalue weighted by molar-refractivity contribution is 0.815. The number of guanidine groups is 1. The molecule has 8 heteroatoms. The van der Waals surface area contributed by atoms with Gasteiger partial charge in [-0.3, -0.25) is 4.57 Å². The number of nitrogens with zero attached hydrogens (tertiary/aromatic N) is 4. The Morgan fingerprint density at radius 3 is 2.78 bits per heavy atom. The van der Waals surface area contributed by atoms with Gasteiger partial charge in [0.2, 0.25) is 0 Å². The second kappa shape index (κ2) is 10.9. The molecule has 0 saturated heterocycles. The monoisotopic (exact) mass is 496 g/mol. The van der Waals surface area contributed by atoms with E-state index >= 15 is 0 Å². The molecule has 1 aromatic carbocycles. The predicted octanol–water partition coefficient (Wildman–Crippen LogP) is 3.79. The van der Waals surface area contributed by atoms with Gasteiger partial charge < -0.3 is 10.6 Å². The molecule has 0 aliphatic heterocycles. The number of hydrogen-bond acceptors (Lipinski definition) is 3. The predicted molar refractivity (Wildman–Crippen MR) is 120 cm³/mol. The first kappa shape index (κ1) is 21.2. The Balaban J connectivity index is 0.00000261. The molecule has 0 saturated carbocycles. The third kappa shape index (κ3) is 6.21. The highest BCUT2D eigenvalue weighted by molar-refractivity contribution is 14.0. The average molecular weight is 497 g/mol. The van der Waals surface area contributed by atoms with Crippen LogP contribution < -0.4 is 10.6 Å². The molecule has 2 heterocycles. The van der Waals surface area contributed by atoms with Gasteiger partial charge in [-0.05, 0) is 36.2 Å². The van der Waals surface area contributed by atoms with Crippen molar-refractivity contribution in [2.75, 3.05) is 6.54 Å². The summed E-state index contributed by atoms with van der Waals surface area (Å²) >= 11 is 6.21. The van der Waals surface area contributed by atoms with Crippen LogP contribution in [-0.2, 0) is 13.1 Å². The molecule has 0 atom stereocenters. The Bertz CT molecular complexity index is 866. The molecule has 2 N–H and O–H groups in total. The maximum atomic E-state index is 6.21. The van der Waals surface area contributed by atoms with Gasteiger partial charge in [-0.1, -0.05) is 29.8 Å². The van der Waals surface area contributed by atoms with Crippen LogP contribution in [0.1, 0.15) is 18.1 Å². The third-order valence-corrected chi connectivity index (χ3v) is 4.12. The SMILES string of the molecule is CCNC(=NCc1ccnc(-n2ccnc2)c1)NCc1ccccc1Cl.I. The molecule has 3 aromatic rings. The molecular formula is C19H22ClIN6. The topological polar surface area (TPSA) is 67.1 Å². The Morgan fingerprint density at radius 2 is 2.04 bits per heavy atom. The van der Waals surface area contributed by atoms with E-state index in [4.69, 9.17) is 11.6 Å². The van der Waals surface area contributed by atoms with E-state index in [1.165, 1.54) is 0 Å².